The summed E-state index contributed by atoms with van der Waals surface area (Å²) in [5, 5.41) is 5.12. The summed E-state index contributed by atoms with van der Waals surface area (Å²) in [4.78, 5) is 11.6. The van der Waals surface area contributed by atoms with Gasteiger partial charge < -0.3 is 4.74 Å². The lowest BCUT2D eigenvalue weighted by molar-refractivity contribution is 0.0323. The van der Waals surface area contributed by atoms with E-state index >= 15 is 0 Å². The van der Waals surface area contributed by atoms with E-state index in [9.17, 15) is 13.2 Å². The Morgan fingerprint density at radius 1 is 1.42 bits per heavy atom. The van der Waals surface area contributed by atoms with Crippen LogP contribution in [0.4, 0.5) is 0 Å². The molecule has 106 valence electrons. The molecule has 2 N–H and O–H groups in total. The van der Waals surface area contributed by atoms with Crippen molar-refractivity contribution in [1.29, 1.82) is 0 Å². The van der Waals surface area contributed by atoms with Gasteiger partial charge in [-0.1, -0.05) is 24.9 Å². The molecule has 1 aromatic rings. The third kappa shape index (κ3) is 4.81. The zero-order chi connectivity index (χ0) is 14.6. The second-order valence-corrected chi connectivity index (χ2v) is 6.22. The number of carbonyl (C=O) groups is 1. The van der Waals surface area contributed by atoms with Crippen molar-refractivity contribution in [3.8, 4) is 0 Å². The van der Waals surface area contributed by atoms with Gasteiger partial charge in [0.25, 0.3) is 0 Å². The molecule has 0 aliphatic rings. The highest BCUT2D eigenvalue weighted by Crippen LogP contribution is 2.19. The minimum absolute atomic E-state index is 0.0690. The first kappa shape index (κ1) is 15.9. The number of nitrogens with two attached hydrogens (primary N) is 1. The predicted molar refractivity (Wildman–Crippen MR) is 72.6 cm³/mol. The normalized spacial score (nSPS) is 13.1. The van der Waals surface area contributed by atoms with E-state index in [0.29, 0.717) is 0 Å². The molecule has 5 nitrogen and oxygen atoms in total. The maximum absolute atomic E-state index is 11.8. The Balaban J connectivity index is 3.01. The van der Waals surface area contributed by atoms with E-state index in [2.05, 4.69) is 0 Å². The fourth-order valence-corrected chi connectivity index (χ4v) is 2.44. The summed E-state index contributed by atoms with van der Waals surface area (Å²) >= 11 is 5.77. The van der Waals surface area contributed by atoms with Gasteiger partial charge in [0.2, 0.25) is 10.0 Å². The fourth-order valence-electron chi connectivity index (χ4n) is 1.56. The highest BCUT2D eigenvalue weighted by Gasteiger charge is 2.16. The Morgan fingerprint density at radius 3 is 2.58 bits per heavy atom. The van der Waals surface area contributed by atoms with Crippen LogP contribution < -0.4 is 5.14 Å². The molecule has 0 saturated carbocycles. The van der Waals surface area contributed by atoms with E-state index in [4.69, 9.17) is 21.5 Å². The minimum atomic E-state index is -3.91. The summed E-state index contributed by atoms with van der Waals surface area (Å²) in [7, 11) is -3.91. The van der Waals surface area contributed by atoms with Gasteiger partial charge in [-0.3, -0.25) is 0 Å². The quantitative estimate of drug-likeness (QED) is 0.846. The molecule has 0 aromatic heterocycles. The van der Waals surface area contributed by atoms with Crippen LogP contribution in [0.3, 0.4) is 0 Å². The first-order valence-corrected chi connectivity index (χ1v) is 7.71. The molecule has 7 heteroatoms. The lowest BCUT2D eigenvalue weighted by Gasteiger charge is -2.12. The molecule has 1 aromatic carbocycles. The van der Waals surface area contributed by atoms with E-state index in [-0.39, 0.29) is 21.6 Å². The van der Waals surface area contributed by atoms with Crippen molar-refractivity contribution in [3.63, 3.8) is 0 Å². The minimum Gasteiger partial charge on any atom is -0.459 e. The summed E-state index contributed by atoms with van der Waals surface area (Å²) in [5.74, 6) is -0.617. The molecule has 0 spiro atoms. The summed E-state index contributed by atoms with van der Waals surface area (Å²) in [6.07, 6.45) is 1.37. The number of benzene rings is 1. The Labute approximate surface area is 117 Å². The smallest absolute Gasteiger partial charge is 0.338 e. The summed E-state index contributed by atoms with van der Waals surface area (Å²) in [6.45, 7) is 3.75. The van der Waals surface area contributed by atoms with Gasteiger partial charge in [-0.15, -0.1) is 0 Å². The van der Waals surface area contributed by atoms with Gasteiger partial charge in [0.05, 0.1) is 16.6 Å². The monoisotopic (exact) mass is 305 g/mol. The van der Waals surface area contributed by atoms with Gasteiger partial charge >= 0.3 is 5.97 Å². The van der Waals surface area contributed by atoms with Crippen LogP contribution in [0.15, 0.2) is 23.1 Å². The molecule has 0 heterocycles. The summed E-state index contributed by atoms with van der Waals surface area (Å²) in [5.41, 5.74) is 0.0690. The maximum Gasteiger partial charge on any atom is 0.338 e. The van der Waals surface area contributed by atoms with Gasteiger partial charge in [0, 0.05) is 5.02 Å². The zero-order valence-electron chi connectivity index (χ0n) is 10.7. The van der Waals surface area contributed by atoms with Crippen LogP contribution >= 0.6 is 11.6 Å². The number of sulfonamides is 1. The molecule has 0 fully saturated rings. The second-order valence-electron chi connectivity index (χ2n) is 4.23. The van der Waals surface area contributed by atoms with E-state index in [0.717, 1.165) is 18.9 Å². The molecule has 1 rings (SSSR count). The van der Waals surface area contributed by atoms with Gasteiger partial charge in [-0.05, 0) is 31.5 Å². The molecular weight excluding hydrogens is 290 g/mol. The molecule has 0 radical (unpaired) electrons. The Hall–Kier alpha value is -1.11. The average molecular weight is 306 g/mol. The molecule has 0 bridgehead atoms. The molecule has 0 amide bonds. The fraction of sp³-hybridized carbons (Fsp3) is 0.417. The van der Waals surface area contributed by atoms with Crippen LogP contribution in [0.1, 0.15) is 37.0 Å². The van der Waals surface area contributed by atoms with Crippen molar-refractivity contribution < 1.29 is 17.9 Å². The number of halogens is 1. The van der Waals surface area contributed by atoms with Crippen LogP contribution in [0.2, 0.25) is 5.02 Å². The van der Waals surface area contributed by atoms with E-state index in [1.165, 1.54) is 12.1 Å². The molecule has 19 heavy (non-hydrogen) atoms. The molecule has 0 aliphatic carbocycles. The number of esters is 1. The van der Waals surface area contributed by atoms with Crippen molar-refractivity contribution >= 4 is 27.6 Å². The largest absolute Gasteiger partial charge is 0.459 e. The van der Waals surface area contributed by atoms with Gasteiger partial charge in [0.15, 0.2) is 0 Å². The first-order valence-electron chi connectivity index (χ1n) is 5.78. The van der Waals surface area contributed by atoms with Crippen molar-refractivity contribution in [2.45, 2.75) is 37.7 Å². The number of ether oxygens (including phenoxy) is 1. The number of rotatable bonds is 5. The molecule has 0 aliphatic heterocycles. The molecule has 1 unspecified atom stereocenters. The Morgan fingerprint density at radius 2 is 2.05 bits per heavy atom. The third-order valence-corrected chi connectivity index (χ3v) is 3.55. The van der Waals surface area contributed by atoms with Crippen LogP contribution in [-0.4, -0.2) is 20.5 Å². The average Bonchev–Trinajstić information content (AvgIpc) is 2.27. The number of hydrogen-bond acceptors (Lipinski definition) is 4. The van der Waals surface area contributed by atoms with E-state index in [1.807, 2.05) is 6.92 Å². The van der Waals surface area contributed by atoms with Crippen molar-refractivity contribution in [2.24, 2.45) is 5.14 Å². The number of carbonyl (C=O) groups excluding carboxylic acids is 1. The van der Waals surface area contributed by atoms with Crippen molar-refractivity contribution in [3.05, 3.63) is 28.8 Å². The third-order valence-electron chi connectivity index (χ3n) is 2.44. The van der Waals surface area contributed by atoms with Gasteiger partial charge in [-0.25, -0.2) is 18.4 Å². The van der Waals surface area contributed by atoms with Crippen LogP contribution in [0.25, 0.3) is 0 Å². The zero-order valence-corrected chi connectivity index (χ0v) is 12.3. The SMILES string of the molecule is CCCC(C)OC(=O)c1cc(Cl)cc(S(N)(=O)=O)c1. The standard InChI is InChI=1S/C12H16ClNO4S/c1-3-4-8(2)18-12(15)9-5-10(13)7-11(6-9)19(14,16)17/h5-8H,3-4H2,1-2H3,(H2,14,16,17). The van der Waals surface area contributed by atoms with Gasteiger partial charge in [-0.2, -0.15) is 0 Å². The van der Waals surface area contributed by atoms with Crippen molar-refractivity contribution in [2.75, 3.05) is 0 Å². The topological polar surface area (TPSA) is 86.5 Å². The van der Waals surface area contributed by atoms with E-state index in [1.54, 1.807) is 6.92 Å². The van der Waals surface area contributed by atoms with E-state index < -0.39 is 16.0 Å². The van der Waals surface area contributed by atoms with Crippen LogP contribution in [0.5, 0.6) is 0 Å². The summed E-state index contributed by atoms with van der Waals surface area (Å²) < 4.78 is 27.7. The number of primary sulfonamides is 1. The summed E-state index contributed by atoms with van der Waals surface area (Å²) in [6, 6.07) is 3.68. The number of hydrogen-bond donors (Lipinski definition) is 1. The highest BCUT2D eigenvalue weighted by atomic mass is 35.5. The Bertz CT molecular complexity index is 571. The van der Waals surface area contributed by atoms with Crippen LogP contribution in [0, 0.1) is 0 Å². The Kier molecular flexibility index (Phi) is 5.34. The predicted octanol–water partition coefficient (Wildman–Crippen LogP) is 2.33. The molecular formula is C12H16ClNO4S. The lowest BCUT2D eigenvalue weighted by atomic mass is 10.2. The van der Waals surface area contributed by atoms with Gasteiger partial charge in [0.1, 0.15) is 0 Å². The highest BCUT2D eigenvalue weighted by molar-refractivity contribution is 7.89. The first-order chi connectivity index (χ1) is 8.74. The van der Waals surface area contributed by atoms with Crippen LogP contribution in [-0.2, 0) is 14.8 Å². The molecule has 0 saturated heterocycles. The van der Waals surface area contributed by atoms with Crippen molar-refractivity contribution in [1.82, 2.24) is 0 Å². The maximum atomic E-state index is 11.8. The lowest BCUT2D eigenvalue weighted by Crippen LogP contribution is -2.17. The second kappa shape index (κ2) is 6.36. The molecule has 1 atom stereocenters.